The molecule has 1 fully saturated rings. The Labute approximate surface area is 84.0 Å². The lowest BCUT2D eigenvalue weighted by atomic mass is 10.0. The van der Waals surface area contributed by atoms with E-state index in [-0.39, 0.29) is 12.7 Å². The molecule has 4 heteroatoms. The second-order valence-electron chi connectivity index (χ2n) is 3.35. The second-order valence-corrected chi connectivity index (χ2v) is 4.50. The molecule has 3 nitrogen and oxygen atoms in total. The number of rotatable bonds is 6. The van der Waals surface area contributed by atoms with E-state index in [1.165, 1.54) is 17.9 Å². The Hall–Kier alpha value is 0.230. The van der Waals surface area contributed by atoms with Gasteiger partial charge in [0, 0.05) is 19.8 Å². The summed E-state index contributed by atoms with van der Waals surface area (Å²) in [5, 5.41) is 8.60. The van der Waals surface area contributed by atoms with Crippen molar-refractivity contribution in [2.75, 3.05) is 31.3 Å². The van der Waals surface area contributed by atoms with Gasteiger partial charge < -0.3 is 15.6 Å². The van der Waals surface area contributed by atoms with Gasteiger partial charge in [0.05, 0.1) is 6.10 Å². The van der Waals surface area contributed by atoms with Crippen LogP contribution in [0.15, 0.2) is 0 Å². The molecule has 78 valence electrons. The first-order valence-corrected chi connectivity index (χ1v) is 6.04. The van der Waals surface area contributed by atoms with Crippen LogP contribution in [-0.2, 0) is 4.74 Å². The molecule has 0 aromatic carbocycles. The van der Waals surface area contributed by atoms with Gasteiger partial charge in [-0.2, -0.15) is 11.8 Å². The van der Waals surface area contributed by atoms with Crippen LogP contribution in [0.2, 0.25) is 0 Å². The fourth-order valence-corrected chi connectivity index (χ4v) is 2.86. The van der Waals surface area contributed by atoms with Crippen molar-refractivity contribution in [1.82, 2.24) is 0 Å². The van der Waals surface area contributed by atoms with Crippen LogP contribution < -0.4 is 5.73 Å². The van der Waals surface area contributed by atoms with Gasteiger partial charge in [-0.05, 0) is 30.3 Å². The minimum atomic E-state index is 0.205. The van der Waals surface area contributed by atoms with Gasteiger partial charge in [0.1, 0.15) is 0 Å². The van der Waals surface area contributed by atoms with Gasteiger partial charge in [-0.25, -0.2) is 0 Å². The number of ether oxygens (including phenoxy) is 1. The van der Waals surface area contributed by atoms with Gasteiger partial charge in [0.15, 0.2) is 0 Å². The van der Waals surface area contributed by atoms with Crippen LogP contribution in [0.3, 0.4) is 0 Å². The van der Waals surface area contributed by atoms with Crippen LogP contribution in [-0.4, -0.2) is 42.5 Å². The van der Waals surface area contributed by atoms with Crippen molar-refractivity contribution < 1.29 is 9.84 Å². The molecule has 0 saturated carbocycles. The lowest BCUT2D eigenvalue weighted by Gasteiger charge is -2.21. The van der Waals surface area contributed by atoms with E-state index in [4.69, 9.17) is 15.6 Å². The highest BCUT2D eigenvalue weighted by atomic mass is 32.2. The Balaban J connectivity index is 2.16. The van der Waals surface area contributed by atoms with Crippen LogP contribution in [0.5, 0.6) is 0 Å². The van der Waals surface area contributed by atoms with Gasteiger partial charge in [0.25, 0.3) is 0 Å². The summed E-state index contributed by atoms with van der Waals surface area (Å²) in [7, 11) is 0. The normalized spacial score (nSPS) is 24.9. The topological polar surface area (TPSA) is 55.5 Å². The lowest BCUT2D eigenvalue weighted by Crippen LogP contribution is -2.32. The van der Waals surface area contributed by atoms with Crippen molar-refractivity contribution in [2.45, 2.75) is 18.9 Å². The number of aliphatic hydroxyl groups is 1. The highest BCUT2D eigenvalue weighted by Crippen LogP contribution is 2.27. The number of aliphatic hydroxyl groups excluding tert-OH is 1. The monoisotopic (exact) mass is 205 g/mol. The van der Waals surface area contributed by atoms with Crippen molar-refractivity contribution in [3.05, 3.63) is 0 Å². The highest BCUT2D eigenvalue weighted by Gasteiger charge is 2.24. The van der Waals surface area contributed by atoms with E-state index < -0.39 is 0 Å². The molecule has 0 aliphatic carbocycles. The Kier molecular flexibility index (Phi) is 5.78. The molecule has 0 aromatic heterocycles. The smallest absolute Gasteiger partial charge is 0.0733 e. The molecule has 2 unspecified atom stereocenters. The first kappa shape index (κ1) is 11.3. The molecular weight excluding hydrogens is 186 g/mol. The third-order valence-electron chi connectivity index (χ3n) is 2.36. The summed E-state index contributed by atoms with van der Waals surface area (Å²) in [6.07, 6.45) is 2.16. The van der Waals surface area contributed by atoms with E-state index in [0.29, 0.717) is 19.1 Å². The van der Waals surface area contributed by atoms with E-state index >= 15 is 0 Å². The molecule has 3 N–H and O–H groups in total. The summed E-state index contributed by atoms with van der Waals surface area (Å²) in [4.78, 5) is 0. The maximum Gasteiger partial charge on any atom is 0.0733 e. The van der Waals surface area contributed by atoms with Crippen molar-refractivity contribution >= 4 is 11.8 Å². The predicted octanol–water partition coefficient (Wildman–Crippen LogP) is 0.466. The summed E-state index contributed by atoms with van der Waals surface area (Å²) in [6, 6.07) is 0. The summed E-state index contributed by atoms with van der Waals surface area (Å²) in [5.41, 5.74) is 5.64. The van der Waals surface area contributed by atoms with Crippen LogP contribution in [0.1, 0.15) is 12.8 Å². The molecule has 0 radical (unpaired) electrons. The molecule has 1 aliphatic heterocycles. The molecule has 0 amide bonds. The summed E-state index contributed by atoms with van der Waals surface area (Å²) in [5.74, 6) is 3.06. The minimum absolute atomic E-state index is 0.205. The van der Waals surface area contributed by atoms with Crippen molar-refractivity contribution in [2.24, 2.45) is 11.7 Å². The average Bonchev–Trinajstić information content (AvgIpc) is 2.65. The van der Waals surface area contributed by atoms with E-state index in [9.17, 15) is 0 Å². The van der Waals surface area contributed by atoms with Gasteiger partial charge in [0.2, 0.25) is 0 Å². The van der Waals surface area contributed by atoms with Crippen molar-refractivity contribution in [1.29, 1.82) is 0 Å². The maximum atomic E-state index is 8.60. The first-order valence-electron chi connectivity index (χ1n) is 4.88. The largest absolute Gasteiger partial charge is 0.396 e. The minimum Gasteiger partial charge on any atom is -0.396 e. The van der Waals surface area contributed by atoms with Crippen molar-refractivity contribution in [3.8, 4) is 0 Å². The lowest BCUT2D eigenvalue weighted by molar-refractivity contribution is 0.0187. The maximum absolute atomic E-state index is 8.60. The molecular formula is C9H19NO2S. The van der Waals surface area contributed by atoms with Crippen LogP contribution >= 0.6 is 11.8 Å². The van der Waals surface area contributed by atoms with Crippen LogP contribution in [0.25, 0.3) is 0 Å². The molecule has 2 atom stereocenters. The van der Waals surface area contributed by atoms with E-state index in [1.807, 2.05) is 11.8 Å². The fraction of sp³-hybridized carbons (Fsp3) is 1.00. The molecule has 1 heterocycles. The van der Waals surface area contributed by atoms with Crippen molar-refractivity contribution in [3.63, 3.8) is 0 Å². The predicted molar refractivity (Wildman–Crippen MR) is 55.9 cm³/mol. The SMILES string of the molecule is NCC(OCCCO)C1CCSC1. The van der Waals surface area contributed by atoms with E-state index in [1.54, 1.807) is 0 Å². The molecule has 0 spiro atoms. The zero-order valence-corrected chi connectivity index (χ0v) is 8.76. The summed E-state index contributed by atoms with van der Waals surface area (Å²) in [6.45, 7) is 1.45. The van der Waals surface area contributed by atoms with E-state index in [0.717, 1.165) is 6.42 Å². The Morgan fingerprint density at radius 2 is 2.46 bits per heavy atom. The molecule has 1 rings (SSSR count). The van der Waals surface area contributed by atoms with E-state index in [2.05, 4.69) is 0 Å². The summed E-state index contributed by atoms with van der Waals surface area (Å²) >= 11 is 1.98. The number of hydrogen-bond donors (Lipinski definition) is 2. The fourth-order valence-electron chi connectivity index (χ4n) is 1.54. The third kappa shape index (κ3) is 3.85. The van der Waals surface area contributed by atoms with Crippen LogP contribution in [0, 0.1) is 5.92 Å². The molecule has 0 bridgehead atoms. The quantitative estimate of drug-likeness (QED) is 0.619. The van der Waals surface area contributed by atoms with Gasteiger partial charge in [-0.15, -0.1) is 0 Å². The Morgan fingerprint density at radius 3 is 3.00 bits per heavy atom. The molecule has 13 heavy (non-hydrogen) atoms. The van der Waals surface area contributed by atoms with Gasteiger partial charge in [-0.3, -0.25) is 0 Å². The average molecular weight is 205 g/mol. The van der Waals surface area contributed by atoms with Gasteiger partial charge >= 0.3 is 0 Å². The third-order valence-corrected chi connectivity index (χ3v) is 3.55. The second kappa shape index (κ2) is 6.65. The zero-order chi connectivity index (χ0) is 9.52. The number of hydrogen-bond acceptors (Lipinski definition) is 4. The standard InChI is InChI=1S/C9H19NO2S/c10-6-9(12-4-1-3-11)8-2-5-13-7-8/h8-9,11H,1-7,10H2. The number of thioether (sulfide) groups is 1. The van der Waals surface area contributed by atoms with Gasteiger partial charge in [-0.1, -0.05) is 0 Å². The first-order chi connectivity index (χ1) is 6.38. The van der Waals surface area contributed by atoms with Crippen LogP contribution in [0.4, 0.5) is 0 Å². The molecule has 1 saturated heterocycles. The molecule has 1 aliphatic rings. The Bertz CT molecular complexity index is 129. The summed E-state index contributed by atoms with van der Waals surface area (Å²) < 4.78 is 5.62. The zero-order valence-electron chi connectivity index (χ0n) is 7.95. The number of nitrogens with two attached hydrogens (primary N) is 1. The highest BCUT2D eigenvalue weighted by molar-refractivity contribution is 7.99. The molecule has 0 aromatic rings. The Morgan fingerprint density at radius 1 is 1.62 bits per heavy atom.